The minimum Gasteiger partial charge on any atom is -0.491 e. The predicted molar refractivity (Wildman–Crippen MR) is 162 cm³/mol. The minimum absolute atomic E-state index is 0.0916. The van der Waals surface area contributed by atoms with Crippen LogP contribution in [0.15, 0.2) is 72.8 Å². The van der Waals surface area contributed by atoms with Gasteiger partial charge in [0, 0.05) is 49.7 Å². The van der Waals surface area contributed by atoms with Crippen LogP contribution < -0.4 is 16.2 Å². The molecule has 1 heterocycles. The Bertz CT molecular complexity index is 1400. The lowest BCUT2D eigenvalue weighted by Gasteiger charge is -2.39. The van der Waals surface area contributed by atoms with Gasteiger partial charge in [-0.1, -0.05) is 65.9 Å². The van der Waals surface area contributed by atoms with E-state index in [4.69, 9.17) is 27.8 Å². The van der Waals surface area contributed by atoms with Crippen molar-refractivity contribution in [1.82, 2.24) is 14.9 Å². The third-order valence-corrected chi connectivity index (χ3v) is 7.39. The molecule has 0 unspecified atom stereocenters. The van der Waals surface area contributed by atoms with Gasteiger partial charge >= 0.3 is 6.03 Å². The van der Waals surface area contributed by atoms with Gasteiger partial charge in [0.2, 0.25) is 0 Å². The van der Waals surface area contributed by atoms with Crippen molar-refractivity contribution >= 4 is 23.5 Å². The number of carbonyl (C=O) groups excluding carboxylic acids is 2. The van der Waals surface area contributed by atoms with Gasteiger partial charge in [0.25, 0.3) is 5.91 Å². The Kier molecular flexibility index (Phi) is 11.2. The number of hydrogen-bond donors (Lipinski definition) is 3. The van der Waals surface area contributed by atoms with Gasteiger partial charge < -0.3 is 16.2 Å². The van der Waals surface area contributed by atoms with Crippen molar-refractivity contribution in [2.75, 3.05) is 45.9 Å². The predicted octanol–water partition coefficient (Wildman–Crippen LogP) is 4.13. The fraction of sp³-hybridized carbons (Fsp3) is 0.312. The fourth-order valence-corrected chi connectivity index (χ4v) is 5.07. The van der Waals surface area contributed by atoms with Crippen LogP contribution in [-0.4, -0.2) is 77.9 Å². The molecule has 0 aliphatic carbocycles. The lowest BCUT2D eigenvalue weighted by atomic mass is 9.96. The van der Waals surface area contributed by atoms with Crippen LogP contribution in [0.4, 0.5) is 4.79 Å². The summed E-state index contributed by atoms with van der Waals surface area (Å²) < 4.78 is 5.98. The highest BCUT2D eigenvalue weighted by Gasteiger charge is 2.26. The molecule has 0 aromatic heterocycles. The second-order valence-electron chi connectivity index (χ2n) is 10.0. The maximum atomic E-state index is 12.1. The average Bonchev–Trinajstić information content (AvgIpc) is 2.99. The molecule has 3 aromatic rings. The molecule has 1 aliphatic heterocycles. The van der Waals surface area contributed by atoms with Crippen LogP contribution in [0, 0.1) is 11.8 Å². The van der Waals surface area contributed by atoms with Gasteiger partial charge in [-0.25, -0.2) is 9.86 Å². The SMILES string of the molecule is NC(=O)c1cc(C#CCCCN(O)C(N)=O)ccc1OCCN1CCN([C@H](c2ccccc2)c2ccc(Cl)cc2)CC1. The highest BCUT2D eigenvalue weighted by Crippen LogP contribution is 2.30. The van der Waals surface area contributed by atoms with Crippen LogP contribution >= 0.6 is 11.6 Å². The molecule has 1 fully saturated rings. The normalized spacial score (nSPS) is 14.4. The van der Waals surface area contributed by atoms with E-state index < -0.39 is 11.9 Å². The smallest absolute Gasteiger partial charge is 0.338 e. The van der Waals surface area contributed by atoms with Crippen LogP contribution in [-0.2, 0) is 0 Å². The molecule has 42 heavy (non-hydrogen) atoms. The summed E-state index contributed by atoms with van der Waals surface area (Å²) in [7, 11) is 0. The Labute approximate surface area is 251 Å². The van der Waals surface area contributed by atoms with Crippen molar-refractivity contribution in [3.8, 4) is 17.6 Å². The first kappa shape index (κ1) is 30.9. The molecule has 0 radical (unpaired) electrons. The second-order valence-corrected chi connectivity index (χ2v) is 10.5. The molecule has 5 N–H and O–H groups in total. The number of halogens is 1. The Morgan fingerprint density at radius 3 is 2.33 bits per heavy atom. The number of primary amides is 2. The lowest BCUT2D eigenvalue weighted by molar-refractivity contribution is -0.0396. The summed E-state index contributed by atoms with van der Waals surface area (Å²) in [5, 5.41) is 10.5. The third-order valence-electron chi connectivity index (χ3n) is 7.14. The van der Waals surface area contributed by atoms with Crippen molar-refractivity contribution in [2.45, 2.75) is 18.9 Å². The van der Waals surface area contributed by atoms with Gasteiger partial charge in [0.1, 0.15) is 12.4 Å². The molecular formula is C32H36ClN5O4. The van der Waals surface area contributed by atoms with E-state index in [0.29, 0.717) is 35.8 Å². The highest BCUT2D eigenvalue weighted by molar-refractivity contribution is 6.30. The van der Waals surface area contributed by atoms with E-state index in [0.717, 1.165) is 37.7 Å². The summed E-state index contributed by atoms with van der Waals surface area (Å²) in [5.41, 5.74) is 14.0. The number of nitrogens with two attached hydrogens (primary N) is 2. The summed E-state index contributed by atoms with van der Waals surface area (Å²) in [6.07, 6.45) is 0.895. The van der Waals surface area contributed by atoms with Crippen molar-refractivity contribution in [3.63, 3.8) is 0 Å². The number of ether oxygens (including phenoxy) is 1. The number of urea groups is 1. The Balaban J connectivity index is 1.29. The van der Waals surface area contributed by atoms with Gasteiger partial charge in [-0.15, -0.1) is 0 Å². The number of hydroxylamine groups is 2. The molecule has 0 spiro atoms. The molecule has 3 amide bonds. The first-order valence-corrected chi connectivity index (χ1v) is 14.3. The second kappa shape index (κ2) is 15.2. The number of benzene rings is 3. The number of amides is 3. The van der Waals surface area contributed by atoms with Crippen molar-refractivity contribution < 1.29 is 19.5 Å². The Morgan fingerprint density at radius 1 is 0.976 bits per heavy atom. The molecule has 1 saturated heterocycles. The van der Waals surface area contributed by atoms with E-state index in [1.165, 1.54) is 11.1 Å². The van der Waals surface area contributed by atoms with Crippen LogP contribution in [0.25, 0.3) is 0 Å². The highest BCUT2D eigenvalue weighted by atomic mass is 35.5. The molecule has 0 saturated carbocycles. The molecule has 3 aromatic carbocycles. The molecule has 220 valence electrons. The van der Waals surface area contributed by atoms with Crippen LogP contribution in [0.3, 0.4) is 0 Å². The summed E-state index contributed by atoms with van der Waals surface area (Å²) in [6, 6.07) is 23.0. The number of unbranched alkanes of at least 4 members (excludes halogenated alkanes) is 1. The van der Waals surface area contributed by atoms with Crippen molar-refractivity contribution in [2.24, 2.45) is 11.5 Å². The largest absolute Gasteiger partial charge is 0.491 e. The van der Waals surface area contributed by atoms with Gasteiger partial charge in [0.15, 0.2) is 0 Å². The number of piperazine rings is 1. The molecule has 9 nitrogen and oxygen atoms in total. The number of rotatable bonds is 11. The summed E-state index contributed by atoms with van der Waals surface area (Å²) in [4.78, 5) is 27.8. The van der Waals surface area contributed by atoms with Gasteiger partial charge in [-0.05, 0) is 47.9 Å². The molecule has 1 atom stereocenters. The van der Waals surface area contributed by atoms with Crippen LogP contribution in [0.5, 0.6) is 5.75 Å². The van der Waals surface area contributed by atoms with E-state index in [-0.39, 0.29) is 18.2 Å². The Hall–Kier alpha value is -4.07. The molecule has 0 bridgehead atoms. The summed E-state index contributed by atoms with van der Waals surface area (Å²) in [6.45, 7) is 4.83. The van der Waals surface area contributed by atoms with Gasteiger partial charge in [-0.3, -0.25) is 19.8 Å². The maximum absolute atomic E-state index is 12.1. The first-order valence-electron chi connectivity index (χ1n) is 13.9. The zero-order chi connectivity index (χ0) is 29.9. The van der Waals surface area contributed by atoms with Crippen molar-refractivity contribution in [1.29, 1.82) is 0 Å². The quantitative estimate of drug-likeness (QED) is 0.134. The minimum atomic E-state index is -0.905. The third kappa shape index (κ3) is 8.71. The van der Waals surface area contributed by atoms with E-state index >= 15 is 0 Å². The molecule has 1 aliphatic rings. The van der Waals surface area contributed by atoms with E-state index in [1.54, 1.807) is 18.2 Å². The number of carbonyl (C=O) groups is 2. The molecule has 10 heteroatoms. The monoisotopic (exact) mass is 589 g/mol. The standard InChI is InChI=1S/C32H36ClN5O4/c33-27-13-11-26(12-14-27)30(25-8-4-1-5-9-25)37-19-17-36(18-20-37)21-22-42-29-15-10-24(23-28(29)31(34)39)7-3-2-6-16-38(41)32(35)40/h1,4-5,8-15,23,30,41H,2,6,16-22H2,(H2,34,39)(H2,35,40)/t30-/m1/s1. The zero-order valence-electron chi connectivity index (χ0n) is 23.4. The number of hydrogen-bond acceptors (Lipinski definition) is 6. The van der Waals surface area contributed by atoms with Crippen LogP contribution in [0.2, 0.25) is 5.02 Å². The zero-order valence-corrected chi connectivity index (χ0v) is 24.2. The fourth-order valence-electron chi connectivity index (χ4n) is 4.94. The maximum Gasteiger partial charge on any atom is 0.338 e. The average molecular weight is 590 g/mol. The van der Waals surface area contributed by atoms with E-state index in [1.807, 2.05) is 18.2 Å². The van der Waals surface area contributed by atoms with Crippen LogP contribution in [0.1, 0.15) is 45.9 Å². The topological polar surface area (TPSA) is 125 Å². The summed E-state index contributed by atoms with van der Waals surface area (Å²) in [5.74, 6) is 5.76. The van der Waals surface area contributed by atoms with E-state index in [9.17, 15) is 14.8 Å². The number of nitrogens with zero attached hydrogens (tertiary/aromatic N) is 3. The molecule has 4 rings (SSSR count). The summed E-state index contributed by atoms with van der Waals surface area (Å²) >= 11 is 6.16. The first-order chi connectivity index (χ1) is 20.3. The van der Waals surface area contributed by atoms with Gasteiger partial charge in [0.05, 0.1) is 18.2 Å². The van der Waals surface area contributed by atoms with Gasteiger partial charge in [-0.2, -0.15) is 0 Å². The lowest BCUT2D eigenvalue weighted by Crippen LogP contribution is -2.48. The molecular weight excluding hydrogens is 554 g/mol. The Morgan fingerprint density at radius 2 is 1.67 bits per heavy atom. The van der Waals surface area contributed by atoms with E-state index in [2.05, 4.69) is 58.0 Å². The van der Waals surface area contributed by atoms with Crippen molar-refractivity contribution in [3.05, 3.63) is 100 Å².